The molecule has 0 aromatic carbocycles. The molecule has 0 radical (unpaired) electrons. The molecular weight excluding hydrogens is 252 g/mol. The van der Waals surface area contributed by atoms with Gasteiger partial charge in [-0.1, -0.05) is 0 Å². The fraction of sp³-hybridized carbons (Fsp3) is 0.750. The van der Waals surface area contributed by atoms with Crippen LogP contribution in [0.4, 0.5) is 4.79 Å². The summed E-state index contributed by atoms with van der Waals surface area (Å²) in [6.45, 7) is 5.22. The maximum atomic E-state index is 11.8. The second-order valence-corrected chi connectivity index (χ2v) is 5.42. The summed E-state index contributed by atoms with van der Waals surface area (Å²) in [4.78, 5) is 35.2. The molecule has 19 heavy (non-hydrogen) atoms. The summed E-state index contributed by atoms with van der Waals surface area (Å²) in [5.41, 5.74) is -0.645. The van der Waals surface area contributed by atoms with Gasteiger partial charge in [0.2, 0.25) is 5.91 Å². The Kier molecular flexibility index (Phi) is 4.74. The molecule has 7 nitrogen and oxygen atoms in total. The number of carbonyl (C=O) groups is 3. The van der Waals surface area contributed by atoms with E-state index in [9.17, 15) is 19.5 Å². The number of ether oxygens (including phenoxy) is 1. The molecule has 2 amide bonds. The first-order valence-electron chi connectivity index (χ1n) is 6.18. The van der Waals surface area contributed by atoms with Crippen molar-refractivity contribution < 1.29 is 24.2 Å². The molecule has 1 heterocycles. The van der Waals surface area contributed by atoms with Gasteiger partial charge in [-0.15, -0.1) is 0 Å². The number of carboxylic acids is 1. The van der Waals surface area contributed by atoms with Crippen LogP contribution in [0.15, 0.2) is 0 Å². The number of hydrogen-bond acceptors (Lipinski definition) is 5. The van der Waals surface area contributed by atoms with Crippen molar-refractivity contribution in [2.24, 2.45) is 0 Å². The predicted octanol–water partition coefficient (Wildman–Crippen LogP) is -0.748. The number of carboxylic acid groups (broad SMARTS) is 1. The Morgan fingerprint density at radius 2 is 2.00 bits per heavy atom. The van der Waals surface area contributed by atoms with E-state index in [1.54, 1.807) is 20.8 Å². The summed E-state index contributed by atoms with van der Waals surface area (Å²) >= 11 is 0. The molecule has 0 aromatic rings. The smallest absolute Gasteiger partial charge is 0.408 e. The number of nitrogens with zero attached hydrogens (tertiary/aromatic N) is 1. The first-order chi connectivity index (χ1) is 8.70. The minimum atomic E-state index is -1.26. The second-order valence-electron chi connectivity index (χ2n) is 5.42. The van der Waals surface area contributed by atoms with Crippen molar-refractivity contribution in [1.29, 1.82) is 0 Å². The van der Waals surface area contributed by atoms with Crippen molar-refractivity contribution in [1.82, 2.24) is 10.2 Å². The van der Waals surface area contributed by atoms with Crippen molar-refractivity contribution in [3.8, 4) is 0 Å². The van der Waals surface area contributed by atoms with Crippen LogP contribution in [0.1, 0.15) is 33.6 Å². The highest BCUT2D eigenvalue weighted by atomic mass is 16.6. The standard InChI is InChI=1S/C12H20N2O5/c1-12(2,3)19-11(18)13-7-9(15)14-6-4-5-8(14)10(16)17/h8H,4-7H2,1-3H3,(H,13,18)(H,16,17)/p-1/t8-/m0/s1. The predicted molar refractivity (Wildman–Crippen MR) is 64.0 cm³/mol. The van der Waals surface area contributed by atoms with Crippen LogP contribution in [0.25, 0.3) is 0 Å². The van der Waals surface area contributed by atoms with Gasteiger partial charge >= 0.3 is 6.09 Å². The summed E-state index contributed by atoms with van der Waals surface area (Å²) < 4.78 is 4.98. The quantitative estimate of drug-likeness (QED) is 0.728. The van der Waals surface area contributed by atoms with E-state index in [1.165, 1.54) is 4.90 Å². The summed E-state index contributed by atoms with van der Waals surface area (Å²) in [5, 5.41) is 13.1. The molecule has 1 aliphatic rings. The Morgan fingerprint density at radius 3 is 2.53 bits per heavy atom. The van der Waals surface area contributed by atoms with Crippen LogP contribution in [0, 0.1) is 0 Å². The summed E-state index contributed by atoms with van der Waals surface area (Å²) in [6, 6.07) is -0.895. The lowest BCUT2D eigenvalue weighted by molar-refractivity contribution is -0.310. The molecule has 0 aromatic heterocycles. The Hall–Kier alpha value is -1.79. The molecular formula is C12H19N2O5-. The normalized spacial score (nSPS) is 19.1. The van der Waals surface area contributed by atoms with Crippen LogP contribution in [0.2, 0.25) is 0 Å². The van der Waals surface area contributed by atoms with Crippen LogP contribution >= 0.6 is 0 Å². The zero-order valence-corrected chi connectivity index (χ0v) is 11.4. The number of carbonyl (C=O) groups excluding carboxylic acids is 3. The van der Waals surface area contributed by atoms with Crippen LogP contribution in [-0.4, -0.2) is 47.6 Å². The van der Waals surface area contributed by atoms with Crippen LogP contribution in [-0.2, 0) is 14.3 Å². The van der Waals surface area contributed by atoms with Gasteiger partial charge in [-0.25, -0.2) is 4.79 Å². The van der Waals surface area contributed by atoms with Crippen LogP contribution in [0.5, 0.6) is 0 Å². The van der Waals surface area contributed by atoms with Gasteiger partial charge in [0.15, 0.2) is 0 Å². The van der Waals surface area contributed by atoms with Gasteiger partial charge in [0.05, 0.1) is 12.0 Å². The lowest BCUT2D eigenvalue weighted by atomic mass is 10.2. The number of hydrogen-bond donors (Lipinski definition) is 1. The van der Waals surface area contributed by atoms with Crippen molar-refractivity contribution in [3.63, 3.8) is 0 Å². The van der Waals surface area contributed by atoms with Gasteiger partial charge in [-0.2, -0.15) is 0 Å². The van der Waals surface area contributed by atoms with Crippen molar-refractivity contribution in [3.05, 3.63) is 0 Å². The first kappa shape index (κ1) is 15.3. The van der Waals surface area contributed by atoms with Gasteiger partial charge in [0.25, 0.3) is 0 Å². The number of nitrogens with one attached hydrogen (secondary N) is 1. The first-order valence-corrected chi connectivity index (χ1v) is 6.18. The topological polar surface area (TPSA) is 98.8 Å². The molecule has 1 N–H and O–H groups in total. The molecule has 108 valence electrons. The number of amides is 2. The molecule has 0 unspecified atom stereocenters. The number of rotatable bonds is 3. The van der Waals surface area contributed by atoms with Gasteiger partial charge in [-0.3, -0.25) is 4.79 Å². The lowest BCUT2D eigenvalue weighted by Gasteiger charge is -2.26. The maximum absolute atomic E-state index is 11.8. The van der Waals surface area contributed by atoms with Gasteiger partial charge < -0.3 is 24.9 Å². The molecule has 1 fully saturated rings. The van der Waals surface area contributed by atoms with Crippen molar-refractivity contribution in [2.45, 2.75) is 45.3 Å². The molecule has 1 atom stereocenters. The Morgan fingerprint density at radius 1 is 1.37 bits per heavy atom. The van der Waals surface area contributed by atoms with Gasteiger partial charge in [0.1, 0.15) is 12.1 Å². The number of likely N-dealkylation sites (tertiary alicyclic amines) is 1. The number of aliphatic carboxylic acids is 1. The highest BCUT2D eigenvalue weighted by molar-refractivity contribution is 5.86. The molecule has 0 saturated carbocycles. The van der Waals surface area contributed by atoms with Crippen LogP contribution in [0.3, 0.4) is 0 Å². The van der Waals surface area contributed by atoms with Crippen molar-refractivity contribution in [2.75, 3.05) is 13.1 Å². The van der Waals surface area contributed by atoms with E-state index >= 15 is 0 Å². The molecule has 0 aliphatic carbocycles. The average molecular weight is 271 g/mol. The number of alkyl carbamates (subject to hydrolysis) is 1. The fourth-order valence-corrected chi connectivity index (χ4v) is 1.87. The van der Waals surface area contributed by atoms with E-state index < -0.39 is 29.6 Å². The molecule has 1 saturated heterocycles. The third-order valence-corrected chi connectivity index (χ3v) is 2.63. The monoisotopic (exact) mass is 271 g/mol. The maximum Gasteiger partial charge on any atom is 0.408 e. The zero-order valence-electron chi connectivity index (χ0n) is 11.4. The molecule has 1 aliphatic heterocycles. The molecule has 1 rings (SSSR count). The molecule has 0 spiro atoms. The minimum Gasteiger partial charge on any atom is -0.548 e. The Bertz CT molecular complexity index is 375. The van der Waals surface area contributed by atoms with Crippen molar-refractivity contribution >= 4 is 18.0 Å². The molecule has 7 heteroatoms. The van der Waals surface area contributed by atoms with Gasteiger partial charge in [-0.05, 0) is 33.6 Å². The second kappa shape index (κ2) is 5.90. The van der Waals surface area contributed by atoms with E-state index in [0.29, 0.717) is 19.4 Å². The lowest BCUT2D eigenvalue weighted by Crippen LogP contribution is -2.50. The van der Waals surface area contributed by atoms with E-state index in [2.05, 4.69) is 5.32 Å². The summed E-state index contributed by atoms with van der Waals surface area (Å²) in [7, 11) is 0. The third kappa shape index (κ3) is 4.76. The van der Waals surface area contributed by atoms with E-state index in [-0.39, 0.29) is 6.54 Å². The third-order valence-electron chi connectivity index (χ3n) is 2.63. The average Bonchev–Trinajstić information content (AvgIpc) is 2.72. The fourth-order valence-electron chi connectivity index (χ4n) is 1.87. The highest BCUT2D eigenvalue weighted by Gasteiger charge is 2.29. The zero-order chi connectivity index (χ0) is 14.6. The van der Waals surface area contributed by atoms with Gasteiger partial charge in [0, 0.05) is 6.54 Å². The largest absolute Gasteiger partial charge is 0.548 e. The van der Waals surface area contributed by atoms with E-state index in [4.69, 9.17) is 4.74 Å². The Labute approximate surface area is 111 Å². The summed E-state index contributed by atoms with van der Waals surface area (Å²) in [6.07, 6.45) is 0.308. The van der Waals surface area contributed by atoms with Crippen LogP contribution < -0.4 is 10.4 Å². The molecule has 0 bridgehead atoms. The van der Waals surface area contributed by atoms with E-state index in [1.807, 2.05) is 0 Å². The highest BCUT2D eigenvalue weighted by Crippen LogP contribution is 2.16. The Balaban J connectivity index is 2.43. The SMILES string of the molecule is CC(C)(C)OC(=O)NCC(=O)N1CCC[C@H]1C(=O)[O-]. The summed E-state index contributed by atoms with van der Waals surface area (Å²) in [5.74, 6) is -1.71. The van der Waals surface area contributed by atoms with E-state index in [0.717, 1.165) is 0 Å². The minimum absolute atomic E-state index is 0.279.